The first-order valence-electron chi connectivity index (χ1n) is 9.39. The van der Waals surface area contributed by atoms with Gasteiger partial charge in [-0.05, 0) is 24.6 Å². The molecule has 6 nitrogen and oxygen atoms in total. The molecule has 0 spiro atoms. The minimum Gasteiger partial charge on any atom is -0.332 e. The van der Waals surface area contributed by atoms with Crippen molar-refractivity contribution in [1.82, 2.24) is 24.7 Å². The molecule has 4 aromatic heterocycles. The standard InChI is InChI=1S/C21H14F3N5OS/c1-2-13-8-9-16(31-13)14-10-17(21(22,23)24)29-18(25-14)11-15(27-29)20-26-19(28-30-20)12-6-4-3-5-7-12/h3-11H,2H2,1H3. The smallest absolute Gasteiger partial charge is 0.332 e. The number of aryl methyl sites for hydroxylation is 1. The van der Waals surface area contributed by atoms with E-state index in [0.717, 1.165) is 27.4 Å². The van der Waals surface area contributed by atoms with Crippen LogP contribution in [0, 0.1) is 0 Å². The number of alkyl halides is 3. The second-order valence-electron chi connectivity index (χ2n) is 6.73. The van der Waals surface area contributed by atoms with Gasteiger partial charge in [-0.15, -0.1) is 11.3 Å². The maximum Gasteiger partial charge on any atom is 0.433 e. The topological polar surface area (TPSA) is 69.1 Å². The van der Waals surface area contributed by atoms with E-state index in [1.807, 2.05) is 31.2 Å². The summed E-state index contributed by atoms with van der Waals surface area (Å²) >= 11 is 1.42. The lowest BCUT2D eigenvalue weighted by atomic mass is 10.2. The van der Waals surface area contributed by atoms with Crippen LogP contribution in [0.3, 0.4) is 0 Å². The summed E-state index contributed by atoms with van der Waals surface area (Å²) in [5, 5.41) is 7.96. The van der Waals surface area contributed by atoms with Crippen molar-refractivity contribution in [2.24, 2.45) is 0 Å². The van der Waals surface area contributed by atoms with Gasteiger partial charge in [0.2, 0.25) is 5.82 Å². The molecule has 156 valence electrons. The van der Waals surface area contributed by atoms with E-state index >= 15 is 0 Å². The number of hydrogen-bond acceptors (Lipinski definition) is 6. The Balaban J connectivity index is 1.63. The maximum absolute atomic E-state index is 13.8. The Hall–Kier alpha value is -3.53. The van der Waals surface area contributed by atoms with Crippen LogP contribution in [0.5, 0.6) is 0 Å². The molecule has 0 unspecified atom stereocenters. The molecule has 5 rings (SSSR count). The molecule has 4 heterocycles. The lowest BCUT2D eigenvalue weighted by molar-refractivity contribution is -0.142. The fourth-order valence-electron chi connectivity index (χ4n) is 3.14. The molecule has 0 bridgehead atoms. The van der Waals surface area contributed by atoms with Gasteiger partial charge in [0, 0.05) is 16.5 Å². The first-order chi connectivity index (χ1) is 14.9. The number of hydrogen-bond donors (Lipinski definition) is 0. The highest BCUT2D eigenvalue weighted by atomic mass is 32.1. The Bertz CT molecular complexity index is 1370. The molecule has 0 saturated heterocycles. The van der Waals surface area contributed by atoms with Crippen molar-refractivity contribution in [2.45, 2.75) is 19.5 Å². The zero-order valence-electron chi connectivity index (χ0n) is 16.1. The van der Waals surface area contributed by atoms with E-state index < -0.39 is 11.9 Å². The van der Waals surface area contributed by atoms with Gasteiger partial charge in [-0.1, -0.05) is 42.4 Å². The molecule has 0 aliphatic carbocycles. The molecule has 0 atom stereocenters. The molecule has 1 aromatic carbocycles. The van der Waals surface area contributed by atoms with Gasteiger partial charge >= 0.3 is 6.18 Å². The Kier molecular flexibility index (Phi) is 4.58. The Labute approximate surface area is 178 Å². The normalized spacial score (nSPS) is 12.0. The fraction of sp³-hybridized carbons (Fsp3) is 0.143. The highest BCUT2D eigenvalue weighted by molar-refractivity contribution is 7.15. The van der Waals surface area contributed by atoms with E-state index in [9.17, 15) is 13.2 Å². The Morgan fingerprint density at radius 1 is 1.00 bits per heavy atom. The monoisotopic (exact) mass is 441 g/mol. The number of rotatable bonds is 4. The summed E-state index contributed by atoms with van der Waals surface area (Å²) in [4.78, 5) is 10.4. The van der Waals surface area contributed by atoms with Crippen LogP contribution >= 0.6 is 11.3 Å². The van der Waals surface area contributed by atoms with E-state index in [1.54, 1.807) is 18.2 Å². The maximum atomic E-state index is 13.8. The SMILES string of the molecule is CCc1ccc(-c2cc(C(F)(F)F)n3nc(-c4nc(-c5ccccc5)no4)cc3n2)s1. The zero-order chi connectivity index (χ0) is 21.6. The van der Waals surface area contributed by atoms with Crippen molar-refractivity contribution in [3.63, 3.8) is 0 Å². The van der Waals surface area contributed by atoms with E-state index in [2.05, 4.69) is 20.2 Å². The van der Waals surface area contributed by atoms with Gasteiger partial charge in [-0.2, -0.15) is 23.3 Å². The largest absolute Gasteiger partial charge is 0.433 e. The molecule has 0 N–H and O–H groups in total. The van der Waals surface area contributed by atoms with Crippen LogP contribution in [0.2, 0.25) is 0 Å². The molecule has 31 heavy (non-hydrogen) atoms. The van der Waals surface area contributed by atoms with Gasteiger partial charge < -0.3 is 4.52 Å². The minimum absolute atomic E-state index is 0.0171. The molecular formula is C21H14F3N5OS. The van der Waals surface area contributed by atoms with Crippen LogP contribution in [0.25, 0.3) is 39.2 Å². The van der Waals surface area contributed by atoms with E-state index in [4.69, 9.17) is 4.52 Å². The number of aromatic nitrogens is 5. The lowest BCUT2D eigenvalue weighted by Gasteiger charge is -2.10. The minimum atomic E-state index is -4.62. The first kappa shape index (κ1) is 19.4. The zero-order valence-corrected chi connectivity index (χ0v) is 16.9. The van der Waals surface area contributed by atoms with Crippen molar-refractivity contribution < 1.29 is 17.7 Å². The predicted molar refractivity (Wildman–Crippen MR) is 109 cm³/mol. The molecule has 0 saturated carbocycles. The third-order valence-corrected chi connectivity index (χ3v) is 5.91. The van der Waals surface area contributed by atoms with Crippen molar-refractivity contribution in [2.75, 3.05) is 0 Å². The molecule has 5 aromatic rings. The Morgan fingerprint density at radius 3 is 2.52 bits per heavy atom. The molecular weight excluding hydrogens is 427 g/mol. The number of halogens is 3. The van der Waals surface area contributed by atoms with Crippen molar-refractivity contribution in [3.8, 4) is 33.5 Å². The fourth-order valence-corrected chi connectivity index (χ4v) is 4.05. The van der Waals surface area contributed by atoms with Crippen LogP contribution < -0.4 is 0 Å². The van der Waals surface area contributed by atoms with Gasteiger partial charge in [-0.3, -0.25) is 0 Å². The molecule has 0 aliphatic heterocycles. The summed E-state index contributed by atoms with van der Waals surface area (Å²) in [6, 6.07) is 15.2. The number of nitrogens with zero attached hydrogens (tertiary/aromatic N) is 5. The summed E-state index contributed by atoms with van der Waals surface area (Å²) in [7, 11) is 0. The van der Waals surface area contributed by atoms with Crippen LogP contribution in [0.4, 0.5) is 13.2 Å². The number of benzene rings is 1. The number of thiophene rings is 1. The molecule has 10 heteroatoms. The predicted octanol–water partition coefficient (Wildman–Crippen LogP) is 5.76. The number of fused-ring (bicyclic) bond motifs is 1. The highest BCUT2D eigenvalue weighted by Gasteiger charge is 2.35. The average molecular weight is 441 g/mol. The second-order valence-corrected chi connectivity index (χ2v) is 7.90. The van der Waals surface area contributed by atoms with Crippen LogP contribution in [-0.4, -0.2) is 24.7 Å². The summed E-state index contributed by atoms with van der Waals surface area (Å²) in [5.74, 6) is 0.339. The van der Waals surface area contributed by atoms with Crippen LogP contribution in [-0.2, 0) is 12.6 Å². The Morgan fingerprint density at radius 2 is 1.81 bits per heavy atom. The van der Waals surface area contributed by atoms with Gasteiger partial charge in [0.1, 0.15) is 0 Å². The lowest BCUT2D eigenvalue weighted by Crippen LogP contribution is -2.13. The van der Waals surface area contributed by atoms with Gasteiger partial charge in [0.05, 0.1) is 10.6 Å². The van der Waals surface area contributed by atoms with Gasteiger partial charge in [0.25, 0.3) is 5.89 Å². The molecule has 0 radical (unpaired) electrons. The second kappa shape index (κ2) is 7.31. The van der Waals surface area contributed by atoms with Gasteiger partial charge in [-0.25, -0.2) is 9.50 Å². The highest BCUT2D eigenvalue weighted by Crippen LogP contribution is 2.35. The molecule has 0 amide bonds. The molecule has 0 aliphatic rings. The average Bonchev–Trinajstić information content (AvgIpc) is 3.51. The summed E-state index contributed by atoms with van der Waals surface area (Å²) < 4.78 is 47.4. The van der Waals surface area contributed by atoms with Crippen molar-refractivity contribution in [3.05, 3.63) is 65.2 Å². The van der Waals surface area contributed by atoms with Crippen LogP contribution in [0.15, 0.2) is 59.1 Å². The van der Waals surface area contributed by atoms with Crippen LogP contribution in [0.1, 0.15) is 17.5 Å². The quantitative estimate of drug-likeness (QED) is 0.355. The van der Waals surface area contributed by atoms with E-state index in [0.29, 0.717) is 10.7 Å². The third kappa shape index (κ3) is 3.59. The first-order valence-corrected chi connectivity index (χ1v) is 10.2. The summed E-state index contributed by atoms with van der Waals surface area (Å²) in [6.45, 7) is 1.99. The third-order valence-electron chi connectivity index (χ3n) is 4.66. The molecule has 0 fully saturated rings. The van der Waals surface area contributed by atoms with E-state index in [1.165, 1.54) is 17.4 Å². The van der Waals surface area contributed by atoms with Crippen molar-refractivity contribution >= 4 is 17.0 Å². The summed E-state index contributed by atoms with van der Waals surface area (Å²) in [6.07, 6.45) is -3.81. The van der Waals surface area contributed by atoms with Gasteiger partial charge in [0.15, 0.2) is 17.0 Å². The van der Waals surface area contributed by atoms with E-state index in [-0.39, 0.29) is 22.9 Å². The van der Waals surface area contributed by atoms with Crippen molar-refractivity contribution in [1.29, 1.82) is 0 Å². The summed E-state index contributed by atoms with van der Waals surface area (Å²) in [5.41, 5.74) is 0.206.